The molecule has 106 valence electrons. The summed E-state index contributed by atoms with van der Waals surface area (Å²) in [4.78, 5) is 12.7. The molecular formula is C14H22N2O3. The van der Waals surface area contributed by atoms with Crippen molar-refractivity contribution >= 4 is 5.97 Å². The molecule has 5 heteroatoms. The van der Waals surface area contributed by atoms with Crippen LogP contribution >= 0.6 is 0 Å². The van der Waals surface area contributed by atoms with Crippen LogP contribution in [-0.4, -0.2) is 43.2 Å². The zero-order chi connectivity index (χ0) is 14.3. The molecular weight excluding hydrogens is 244 g/mol. The van der Waals surface area contributed by atoms with Gasteiger partial charge in [0.15, 0.2) is 0 Å². The SMILES string of the molecule is CN(C)CCCOc1ccc(C(N)CC(=O)O)cc1. The average molecular weight is 266 g/mol. The quantitative estimate of drug-likeness (QED) is 0.697. The van der Waals surface area contributed by atoms with Crippen LogP contribution in [0.1, 0.15) is 24.4 Å². The molecule has 1 aromatic rings. The molecule has 0 heterocycles. The van der Waals surface area contributed by atoms with E-state index < -0.39 is 12.0 Å². The summed E-state index contributed by atoms with van der Waals surface area (Å²) in [5.74, 6) is -0.110. The van der Waals surface area contributed by atoms with Gasteiger partial charge < -0.3 is 20.5 Å². The normalized spacial score (nSPS) is 12.4. The Bertz CT molecular complexity index is 390. The number of nitrogens with two attached hydrogens (primary N) is 1. The zero-order valence-electron chi connectivity index (χ0n) is 11.5. The molecule has 0 aliphatic carbocycles. The van der Waals surface area contributed by atoms with Crippen LogP contribution in [0.25, 0.3) is 0 Å². The lowest BCUT2D eigenvalue weighted by Crippen LogP contribution is -2.16. The average Bonchev–Trinajstić information content (AvgIpc) is 2.34. The van der Waals surface area contributed by atoms with Gasteiger partial charge in [-0.05, 0) is 38.2 Å². The Morgan fingerprint density at radius 2 is 2.00 bits per heavy atom. The highest BCUT2D eigenvalue weighted by Gasteiger charge is 2.10. The highest BCUT2D eigenvalue weighted by molar-refractivity contribution is 5.67. The number of hydrogen-bond acceptors (Lipinski definition) is 4. The Balaban J connectivity index is 2.41. The molecule has 1 rings (SSSR count). The zero-order valence-corrected chi connectivity index (χ0v) is 11.5. The van der Waals surface area contributed by atoms with E-state index in [1.54, 1.807) is 0 Å². The number of rotatable bonds is 8. The largest absolute Gasteiger partial charge is 0.494 e. The lowest BCUT2D eigenvalue weighted by atomic mass is 10.0. The van der Waals surface area contributed by atoms with Crippen molar-refractivity contribution in [3.63, 3.8) is 0 Å². The first-order chi connectivity index (χ1) is 8.99. The van der Waals surface area contributed by atoms with E-state index in [0.717, 1.165) is 24.3 Å². The number of aliphatic carboxylic acids is 1. The molecule has 0 aliphatic heterocycles. The maximum absolute atomic E-state index is 10.6. The van der Waals surface area contributed by atoms with Crippen LogP contribution in [0, 0.1) is 0 Å². The highest BCUT2D eigenvalue weighted by Crippen LogP contribution is 2.18. The lowest BCUT2D eigenvalue weighted by molar-refractivity contribution is -0.137. The highest BCUT2D eigenvalue weighted by atomic mass is 16.5. The number of ether oxygens (including phenoxy) is 1. The number of benzene rings is 1. The molecule has 1 atom stereocenters. The van der Waals surface area contributed by atoms with Gasteiger partial charge in [-0.3, -0.25) is 4.79 Å². The number of nitrogens with zero attached hydrogens (tertiary/aromatic N) is 1. The Kier molecular flexibility index (Phi) is 6.32. The summed E-state index contributed by atoms with van der Waals surface area (Å²) in [5, 5.41) is 8.68. The van der Waals surface area contributed by atoms with Crippen molar-refractivity contribution in [2.75, 3.05) is 27.2 Å². The maximum Gasteiger partial charge on any atom is 0.305 e. The van der Waals surface area contributed by atoms with Crippen molar-refractivity contribution < 1.29 is 14.6 Å². The molecule has 0 aromatic heterocycles. The number of carbonyl (C=O) groups is 1. The summed E-state index contributed by atoms with van der Waals surface area (Å²) >= 11 is 0. The van der Waals surface area contributed by atoms with Crippen LogP contribution in [0.3, 0.4) is 0 Å². The fraction of sp³-hybridized carbons (Fsp3) is 0.500. The second kappa shape index (κ2) is 7.76. The Labute approximate surface area is 114 Å². The molecule has 0 saturated heterocycles. The van der Waals surface area contributed by atoms with E-state index in [1.165, 1.54) is 0 Å². The number of carboxylic acids is 1. The third kappa shape index (κ3) is 6.22. The number of carboxylic acid groups (broad SMARTS) is 1. The lowest BCUT2D eigenvalue weighted by Gasteiger charge is -2.12. The summed E-state index contributed by atoms with van der Waals surface area (Å²) in [7, 11) is 4.05. The molecule has 19 heavy (non-hydrogen) atoms. The number of hydrogen-bond donors (Lipinski definition) is 2. The Hall–Kier alpha value is -1.59. The van der Waals surface area contributed by atoms with E-state index in [4.69, 9.17) is 15.6 Å². The first kappa shape index (κ1) is 15.5. The van der Waals surface area contributed by atoms with Gasteiger partial charge in [-0.1, -0.05) is 12.1 Å². The van der Waals surface area contributed by atoms with E-state index in [2.05, 4.69) is 4.90 Å². The van der Waals surface area contributed by atoms with Gasteiger partial charge in [0, 0.05) is 12.6 Å². The first-order valence-electron chi connectivity index (χ1n) is 6.34. The molecule has 0 radical (unpaired) electrons. The minimum absolute atomic E-state index is 0.0664. The van der Waals surface area contributed by atoms with E-state index in [0.29, 0.717) is 6.61 Å². The molecule has 1 aromatic carbocycles. The first-order valence-corrected chi connectivity index (χ1v) is 6.34. The fourth-order valence-corrected chi connectivity index (χ4v) is 1.69. The monoisotopic (exact) mass is 266 g/mol. The third-order valence-corrected chi connectivity index (χ3v) is 2.72. The van der Waals surface area contributed by atoms with Gasteiger partial charge in [0.05, 0.1) is 13.0 Å². The van der Waals surface area contributed by atoms with Crippen molar-refractivity contribution in [3.8, 4) is 5.75 Å². The van der Waals surface area contributed by atoms with E-state index >= 15 is 0 Å². The summed E-state index contributed by atoms with van der Waals surface area (Å²) < 4.78 is 5.59. The van der Waals surface area contributed by atoms with Crippen molar-refractivity contribution in [3.05, 3.63) is 29.8 Å². The molecule has 0 bridgehead atoms. The second-order valence-corrected chi connectivity index (χ2v) is 4.78. The topological polar surface area (TPSA) is 75.8 Å². The van der Waals surface area contributed by atoms with Gasteiger partial charge in [0.25, 0.3) is 0 Å². The van der Waals surface area contributed by atoms with Crippen LogP contribution < -0.4 is 10.5 Å². The smallest absolute Gasteiger partial charge is 0.305 e. The summed E-state index contributed by atoms with van der Waals surface area (Å²) in [6, 6.07) is 6.81. The summed E-state index contributed by atoms with van der Waals surface area (Å²) in [6.07, 6.45) is 0.899. The van der Waals surface area contributed by atoms with Crippen molar-refractivity contribution in [2.24, 2.45) is 5.73 Å². The fourth-order valence-electron chi connectivity index (χ4n) is 1.69. The molecule has 0 aliphatic rings. The Morgan fingerprint density at radius 1 is 1.37 bits per heavy atom. The van der Waals surface area contributed by atoms with Crippen LogP contribution in [-0.2, 0) is 4.79 Å². The van der Waals surface area contributed by atoms with Crippen molar-refractivity contribution in [2.45, 2.75) is 18.9 Å². The van der Waals surface area contributed by atoms with Gasteiger partial charge in [-0.2, -0.15) is 0 Å². The van der Waals surface area contributed by atoms with Gasteiger partial charge in [-0.15, -0.1) is 0 Å². The van der Waals surface area contributed by atoms with Gasteiger partial charge >= 0.3 is 5.97 Å². The van der Waals surface area contributed by atoms with Crippen molar-refractivity contribution in [1.29, 1.82) is 0 Å². The second-order valence-electron chi connectivity index (χ2n) is 4.78. The Morgan fingerprint density at radius 3 is 2.53 bits per heavy atom. The van der Waals surface area contributed by atoms with E-state index in [1.807, 2.05) is 38.4 Å². The molecule has 3 N–H and O–H groups in total. The minimum atomic E-state index is -0.892. The molecule has 1 unspecified atom stereocenters. The molecule has 0 saturated carbocycles. The minimum Gasteiger partial charge on any atom is -0.494 e. The van der Waals surface area contributed by atoms with Crippen LogP contribution in [0.4, 0.5) is 0 Å². The molecule has 0 amide bonds. The standard InChI is InChI=1S/C14H22N2O3/c1-16(2)8-3-9-19-12-6-4-11(5-7-12)13(15)10-14(17)18/h4-7,13H,3,8-10,15H2,1-2H3,(H,17,18). The maximum atomic E-state index is 10.6. The van der Waals surface area contributed by atoms with Crippen LogP contribution in [0.15, 0.2) is 24.3 Å². The molecule has 0 fully saturated rings. The predicted octanol–water partition coefficient (Wildman–Crippen LogP) is 1.49. The van der Waals surface area contributed by atoms with Crippen LogP contribution in [0.5, 0.6) is 5.75 Å². The molecule has 0 spiro atoms. The predicted molar refractivity (Wildman–Crippen MR) is 74.3 cm³/mol. The van der Waals surface area contributed by atoms with E-state index in [9.17, 15) is 4.79 Å². The summed E-state index contributed by atoms with van der Waals surface area (Å²) in [5.41, 5.74) is 6.58. The van der Waals surface area contributed by atoms with Crippen LogP contribution in [0.2, 0.25) is 0 Å². The van der Waals surface area contributed by atoms with Gasteiger partial charge in [0.1, 0.15) is 5.75 Å². The van der Waals surface area contributed by atoms with Gasteiger partial charge in [0.2, 0.25) is 0 Å². The third-order valence-electron chi connectivity index (χ3n) is 2.72. The van der Waals surface area contributed by atoms with E-state index in [-0.39, 0.29) is 6.42 Å². The molecule has 5 nitrogen and oxygen atoms in total. The summed E-state index contributed by atoms with van der Waals surface area (Å²) in [6.45, 7) is 1.65. The van der Waals surface area contributed by atoms with Gasteiger partial charge in [-0.25, -0.2) is 0 Å². The van der Waals surface area contributed by atoms with Crippen molar-refractivity contribution in [1.82, 2.24) is 4.90 Å².